The molecule has 0 spiro atoms. The van der Waals surface area contributed by atoms with E-state index in [-0.39, 0.29) is 5.75 Å². The monoisotopic (exact) mass is 256 g/mol. The van der Waals surface area contributed by atoms with Crippen LogP contribution in [0.1, 0.15) is 11.1 Å². The maximum absolute atomic E-state index is 9.97. The van der Waals surface area contributed by atoms with E-state index in [4.69, 9.17) is 4.74 Å². The van der Waals surface area contributed by atoms with Crippen LogP contribution in [-0.2, 0) is 6.42 Å². The Balaban J connectivity index is 1.85. The minimum Gasteiger partial charge on any atom is -0.508 e. The van der Waals surface area contributed by atoms with Crippen molar-refractivity contribution in [2.75, 3.05) is 24.4 Å². The lowest BCUT2D eigenvalue weighted by molar-refractivity contribution is 0.406. The molecule has 4 nitrogen and oxygen atoms in total. The van der Waals surface area contributed by atoms with Gasteiger partial charge in [-0.25, -0.2) is 0 Å². The van der Waals surface area contributed by atoms with E-state index in [1.54, 1.807) is 13.2 Å². The number of phenolic OH excluding ortho intramolecular Hbond substituents is 1. The van der Waals surface area contributed by atoms with Gasteiger partial charge < -0.3 is 20.5 Å². The van der Waals surface area contributed by atoms with Gasteiger partial charge in [0.1, 0.15) is 11.5 Å². The van der Waals surface area contributed by atoms with Crippen LogP contribution >= 0.6 is 0 Å². The summed E-state index contributed by atoms with van der Waals surface area (Å²) in [6.45, 7) is 0.770. The van der Waals surface area contributed by atoms with Gasteiger partial charge in [-0.2, -0.15) is 0 Å². The Bertz CT molecular complexity index is 611. The minimum absolute atomic E-state index is 0.269. The Labute approximate surface area is 112 Å². The molecule has 0 saturated heterocycles. The van der Waals surface area contributed by atoms with Gasteiger partial charge in [0, 0.05) is 12.5 Å². The lowest BCUT2D eigenvalue weighted by atomic mass is 10.0. The second-order valence-corrected chi connectivity index (χ2v) is 4.58. The molecule has 0 aromatic heterocycles. The van der Waals surface area contributed by atoms with Crippen molar-refractivity contribution >= 4 is 11.4 Å². The van der Waals surface area contributed by atoms with Crippen LogP contribution in [0.2, 0.25) is 0 Å². The highest BCUT2D eigenvalue weighted by molar-refractivity contribution is 5.74. The molecule has 0 amide bonds. The van der Waals surface area contributed by atoms with E-state index in [1.807, 2.05) is 12.1 Å². The normalized spacial score (nSPS) is 12.5. The number of fused-ring (bicyclic) bond motifs is 1. The number of methoxy groups -OCH3 is 1. The van der Waals surface area contributed by atoms with Crippen molar-refractivity contribution in [3.63, 3.8) is 0 Å². The first-order valence-corrected chi connectivity index (χ1v) is 6.23. The van der Waals surface area contributed by atoms with Gasteiger partial charge in [0.15, 0.2) is 0 Å². The fraction of sp³-hybridized carbons (Fsp3) is 0.200. The second kappa shape index (κ2) is 4.72. The smallest absolute Gasteiger partial charge is 0.122 e. The molecule has 3 N–H and O–H groups in total. The second-order valence-electron chi connectivity index (χ2n) is 4.58. The van der Waals surface area contributed by atoms with Crippen molar-refractivity contribution in [2.24, 2.45) is 0 Å². The van der Waals surface area contributed by atoms with Crippen molar-refractivity contribution in [1.29, 1.82) is 0 Å². The third-order valence-corrected chi connectivity index (χ3v) is 3.33. The van der Waals surface area contributed by atoms with Crippen LogP contribution in [-0.4, -0.2) is 18.9 Å². The Morgan fingerprint density at radius 1 is 1.11 bits per heavy atom. The number of hydrogen-bond acceptors (Lipinski definition) is 4. The van der Waals surface area contributed by atoms with Gasteiger partial charge in [-0.05, 0) is 29.3 Å². The molecular formula is C15H16N2O2. The summed E-state index contributed by atoms with van der Waals surface area (Å²) in [6, 6.07) is 11.6. The SMILES string of the molecule is COc1ccc(Cc2ccc3c(c2)NCN3)c(O)c1. The molecule has 0 saturated carbocycles. The van der Waals surface area contributed by atoms with Crippen LogP contribution in [0.4, 0.5) is 11.4 Å². The van der Waals surface area contributed by atoms with Gasteiger partial charge >= 0.3 is 0 Å². The van der Waals surface area contributed by atoms with Crippen molar-refractivity contribution in [2.45, 2.75) is 6.42 Å². The van der Waals surface area contributed by atoms with Crippen LogP contribution < -0.4 is 15.4 Å². The van der Waals surface area contributed by atoms with Crippen LogP contribution in [0.15, 0.2) is 36.4 Å². The Kier molecular flexibility index (Phi) is 2.91. The third kappa shape index (κ3) is 2.29. The van der Waals surface area contributed by atoms with Gasteiger partial charge in [0.2, 0.25) is 0 Å². The van der Waals surface area contributed by atoms with E-state index in [2.05, 4.69) is 28.8 Å². The van der Waals surface area contributed by atoms with Crippen LogP contribution in [0, 0.1) is 0 Å². The van der Waals surface area contributed by atoms with Crippen molar-refractivity contribution in [1.82, 2.24) is 0 Å². The number of aromatic hydroxyl groups is 1. The highest BCUT2D eigenvalue weighted by Gasteiger charge is 2.10. The number of nitrogens with one attached hydrogen (secondary N) is 2. The molecule has 0 unspecified atom stereocenters. The van der Waals surface area contributed by atoms with Crippen molar-refractivity contribution < 1.29 is 9.84 Å². The predicted molar refractivity (Wildman–Crippen MR) is 76.0 cm³/mol. The average molecular weight is 256 g/mol. The molecule has 1 aliphatic heterocycles. The van der Waals surface area contributed by atoms with Gasteiger partial charge in [-0.1, -0.05) is 12.1 Å². The van der Waals surface area contributed by atoms with Gasteiger partial charge in [0.25, 0.3) is 0 Å². The summed E-state index contributed by atoms with van der Waals surface area (Å²) in [7, 11) is 1.59. The molecule has 4 heteroatoms. The van der Waals surface area contributed by atoms with E-state index >= 15 is 0 Å². The number of phenols is 1. The summed E-state index contributed by atoms with van der Waals surface area (Å²) < 4.78 is 5.08. The molecule has 0 radical (unpaired) electrons. The molecule has 0 aliphatic carbocycles. The van der Waals surface area contributed by atoms with Gasteiger partial charge in [0.05, 0.1) is 25.2 Å². The minimum atomic E-state index is 0.269. The average Bonchev–Trinajstić information content (AvgIpc) is 2.88. The zero-order valence-corrected chi connectivity index (χ0v) is 10.7. The Hall–Kier alpha value is -2.36. The summed E-state index contributed by atoms with van der Waals surface area (Å²) in [4.78, 5) is 0. The quantitative estimate of drug-likeness (QED) is 0.790. The lowest BCUT2D eigenvalue weighted by Gasteiger charge is -2.08. The summed E-state index contributed by atoms with van der Waals surface area (Å²) in [5, 5.41) is 16.5. The molecule has 0 atom stereocenters. The molecule has 3 rings (SSSR count). The zero-order valence-electron chi connectivity index (χ0n) is 10.7. The topological polar surface area (TPSA) is 53.5 Å². The van der Waals surface area contributed by atoms with E-state index in [9.17, 15) is 5.11 Å². The number of hydrogen-bond donors (Lipinski definition) is 3. The molecule has 19 heavy (non-hydrogen) atoms. The molecule has 2 aromatic carbocycles. The fourth-order valence-corrected chi connectivity index (χ4v) is 2.28. The third-order valence-electron chi connectivity index (χ3n) is 3.33. The van der Waals surface area contributed by atoms with E-state index in [0.29, 0.717) is 12.2 Å². The Morgan fingerprint density at radius 2 is 1.95 bits per heavy atom. The van der Waals surface area contributed by atoms with Gasteiger partial charge in [-0.3, -0.25) is 0 Å². The summed E-state index contributed by atoms with van der Waals surface area (Å²) in [5.74, 6) is 0.937. The van der Waals surface area contributed by atoms with Crippen molar-refractivity contribution in [3.8, 4) is 11.5 Å². The first kappa shape index (κ1) is 11.7. The highest BCUT2D eigenvalue weighted by Crippen LogP contribution is 2.30. The summed E-state index contributed by atoms with van der Waals surface area (Å²) in [5.41, 5.74) is 4.30. The highest BCUT2D eigenvalue weighted by atomic mass is 16.5. The number of ether oxygens (including phenoxy) is 1. The van der Waals surface area contributed by atoms with Crippen LogP contribution in [0.3, 0.4) is 0 Å². The standard InChI is InChI=1S/C15H16N2O2/c1-19-12-4-3-11(15(18)8-12)6-10-2-5-13-14(7-10)17-9-16-13/h2-5,7-8,16-18H,6,9H2,1H3. The number of rotatable bonds is 3. The zero-order chi connectivity index (χ0) is 13.2. The van der Waals surface area contributed by atoms with E-state index in [0.717, 1.165) is 29.2 Å². The maximum atomic E-state index is 9.97. The molecular weight excluding hydrogens is 240 g/mol. The fourth-order valence-electron chi connectivity index (χ4n) is 2.28. The molecule has 1 aliphatic rings. The molecule has 0 fully saturated rings. The molecule has 1 heterocycles. The van der Waals surface area contributed by atoms with Crippen molar-refractivity contribution in [3.05, 3.63) is 47.5 Å². The van der Waals surface area contributed by atoms with E-state index < -0.39 is 0 Å². The van der Waals surface area contributed by atoms with Crippen LogP contribution in [0.5, 0.6) is 11.5 Å². The first-order chi connectivity index (χ1) is 9.26. The summed E-state index contributed by atoms with van der Waals surface area (Å²) in [6.07, 6.45) is 0.699. The molecule has 0 bridgehead atoms. The molecule has 2 aromatic rings. The number of benzene rings is 2. The van der Waals surface area contributed by atoms with Gasteiger partial charge in [-0.15, -0.1) is 0 Å². The maximum Gasteiger partial charge on any atom is 0.122 e. The van der Waals surface area contributed by atoms with E-state index in [1.165, 1.54) is 0 Å². The Morgan fingerprint density at radius 3 is 2.74 bits per heavy atom. The predicted octanol–water partition coefficient (Wildman–Crippen LogP) is 2.79. The number of anilines is 2. The largest absolute Gasteiger partial charge is 0.508 e. The lowest BCUT2D eigenvalue weighted by Crippen LogP contribution is -1.99. The van der Waals surface area contributed by atoms with Crippen LogP contribution in [0.25, 0.3) is 0 Å². The molecule has 98 valence electrons. The summed E-state index contributed by atoms with van der Waals surface area (Å²) >= 11 is 0. The first-order valence-electron chi connectivity index (χ1n) is 6.23.